The van der Waals surface area contributed by atoms with Gasteiger partial charge in [0.05, 0.1) is 55.4 Å². The van der Waals surface area contributed by atoms with E-state index in [0.717, 1.165) is 50.5 Å². The van der Waals surface area contributed by atoms with E-state index in [-0.39, 0.29) is 53.5 Å². The largest absolute Gasteiger partial charge is 0.417 e. The number of carbonyl (C=O) groups is 1. The van der Waals surface area contributed by atoms with Crippen LogP contribution in [0.2, 0.25) is 18.1 Å². The van der Waals surface area contributed by atoms with Gasteiger partial charge in [0.1, 0.15) is 12.2 Å². The van der Waals surface area contributed by atoms with Crippen LogP contribution in [0.25, 0.3) is 0 Å². The highest BCUT2D eigenvalue weighted by atomic mass is 28.4. The summed E-state index contributed by atoms with van der Waals surface area (Å²) in [5.41, 5.74) is 1.85. The van der Waals surface area contributed by atoms with E-state index >= 15 is 0 Å². The molecular weight excluding hydrogens is 673 g/mol. The highest BCUT2D eigenvalue weighted by Crippen LogP contribution is 2.45. The molecule has 288 valence electrons. The Morgan fingerprint density at radius 1 is 0.808 bits per heavy atom. The van der Waals surface area contributed by atoms with Crippen molar-refractivity contribution in [1.82, 2.24) is 0 Å². The third kappa shape index (κ3) is 10.2. The lowest BCUT2D eigenvalue weighted by atomic mass is 9.81. The average Bonchev–Trinajstić information content (AvgIpc) is 3.35. The molecule has 4 fully saturated rings. The number of ether oxygens (including phenoxy) is 6. The summed E-state index contributed by atoms with van der Waals surface area (Å²) in [6, 6.07) is 20.7. The van der Waals surface area contributed by atoms with E-state index in [1.807, 2.05) is 24.3 Å². The Morgan fingerprint density at radius 2 is 1.48 bits per heavy atom. The van der Waals surface area contributed by atoms with Crippen LogP contribution in [0.3, 0.4) is 0 Å². The first-order valence-electron chi connectivity index (χ1n) is 20.0. The summed E-state index contributed by atoms with van der Waals surface area (Å²) in [6.07, 6.45) is 6.37. The quantitative estimate of drug-likeness (QED) is 0.141. The van der Waals surface area contributed by atoms with E-state index in [1.165, 1.54) is 5.56 Å². The molecule has 9 atom stereocenters. The van der Waals surface area contributed by atoms with Gasteiger partial charge in [-0.1, -0.05) is 81.4 Å². The second kappa shape index (κ2) is 17.7. The van der Waals surface area contributed by atoms with E-state index in [4.69, 9.17) is 32.8 Å². The molecule has 0 radical (unpaired) electrons. The van der Waals surface area contributed by atoms with Crippen LogP contribution in [-0.4, -0.2) is 81.7 Å². The molecule has 4 heterocycles. The maximum Gasteiger partial charge on any atom is 0.191 e. The first-order chi connectivity index (χ1) is 24.9. The first-order valence-corrected chi connectivity index (χ1v) is 22.9. The van der Waals surface area contributed by atoms with Crippen LogP contribution in [-0.2, 0) is 50.9 Å². The van der Waals surface area contributed by atoms with Crippen LogP contribution in [0.5, 0.6) is 0 Å². The van der Waals surface area contributed by atoms with Gasteiger partial charge in [-0.25, -0.2) is 0 Å². The van der Waals surface area contributed by atoms with Gasteiger partial charge in [0.2, 0.25) is 0 Å². The van der Waals surface area contributed by atoms with E-state index < -0.39 is 20.0 Å². The van der Waals surface area contributed by atoms with Crippen molar-refractivity contribution in [2.45, 2.75) is 178 Å². The highest BCUT2D eigenvalue weighted by molar-refractivity contribution is 6.74. The normalized spacial score (nSPS) is 32.6. The van der Waals surface area contributed by atoms with Crippen molar-refractivity contribution in [2.75, 3.05) is 13.2 Å². The first kappa shape index (κ1) is 39.7. The van der Waals surface area contributed by atoms with E-state index in [1.54, 1.807) is 0 Å². The maximum absolute atomic E-state index is 13.3. The van der Waals surface area contributed by atoms with E-state index in [9.17, 15) is 4.79 Å². The number of hydrogen-bond donors (Lipinski definition) is 0. The van der Waals surface area contributed by atoms with Gasteiger partial charge in [0.25, 0.3) is 0 Å². The van der Waals surface area contributed by atoms with Crippen molar-refractivity contribution < 1.29 is 37.6 Å². The topological polar surface area (TPSA) is 81.7 Å². The molecular formula is C43H64O8Si. The van der Waals surface area contributed by atoms with Crippen LogP contribution in [0.15, 0.2) is 60.7 Å². The number of rotatable bonds is 14. The fraction of sp³-hybridized carbons (Fsp3) is 0.698. The molecule has 0 aliphatic carbocycles. The molecule has 2 aromatic carbocycles. The molecule has 2 aromatic rings. The maximum atomic E-state index is 13.3. The Labute approximate surface area is 313 Å². The fourth-order valence-electron chi connectivity index (χ4n) is 8.02. The lowest BCUT2D eigenvalue weighted by Gasteiger charge is -2.52. The highest BCUT2D eigenvalue weighted by Gasteiger charge is 2.55. The van der Waals surface area contributed by atoms with E-state index in [0.29, 0.717) is 45.7 Å². The minimum atomic E-state index is -1.83. The molecule has 9 heteroatoms. The molecule has 0 aromatic heterocycles. The van der Waals surface area contributed by atoms with Crippen LogP contribution in [0.4, 0.5) is 0 Å². The molecule has 0 N–H and O–H groups in total. The summed E-state index contributed by atoms with van der Waals surface area (Å²) in [5.74, 6) is 0.191. The molecule has 52 heavy (non-hydrogen) atoms. The van der Waals surface area contributed by atoms with Crippen molar-refractivity contribution in [3.8, 4) is 0 Å². The zero-order chi connectivity index (χ0) is 36.8. The fourth-order valence-corrected chi connectivity index (χ4v) is 9.11. The Hall–Kier alpha value is -1.95. The zero-order valence-corrected chi connectivity index (χ0v) is 33.6. The Balaban J connectivity index is 1.07. The molecule has 4 aliphatic heterocycles. The second-order valence-electron chi connectivity index (χ2n) is 17.3. The van der Waals surface area contributed by atoms with Gasteiger partial charge in [-0.3, -0.25) is 4.79 Å². The van der Waals surface area contributed by atoms with Crippen molar-refractivity contribution >= 4 is 14.1 Å². The van der Waals surface area contributed by atoms with Crippen molar-refractivity contribution in [2.24, 2.45) is 0 Å². The monoisotopic (exact) mass is 736 g/mol. The minimum Gasteiger partial charge on any atom is -0.417 e. The Kier molecular flexibility index (Phi) is 13.5. The number of fused-ring (bicyclic) bond motifs is 3. The zero-order valence-electron chi connectivity index (χ0n) is 32.6. The van der Waals surface area contributed by atoms with Gasteiger partial charge in [-0.15, -0.1) is 0 Å². The molecule has 4 saturated heterocycles. The Morgan fingerprint density at radius 3 is 2.19 bits per heavy atom. The van der Waals surface area contributed by atoms with Crippen LogP contribution in [0, 0.1) is 0 Å². The number of ketones is 1. The molecule has 0 unspecified atom stereocenters. The van der Waals surface area contributed by atoms with Crippen molar-refractivity contribution in [3.63, 3.8) is 0 Å². The number of carbonyl (C=O) groups excluding carboxylic acids is 1. The Bertz CT molecular complexity index is 1400. The SMILES string of the molecule is CC(C)(C)[Si](C)(C)OCCC[C@@H]1O[C@@H]2CC[C@]3(C)O[C@H]4[C@H](C[C@H]3O[C@H]2CCC1=O)O[C@@H](CCCOCc1ccccc1)C[C@H]4OCc1ccccc1. The predicted molar refractivity (Wildman–Crippen MR) is 205 cm³/mol. The third-order valence-electron chi connectivity index (χ3n) is 12.3. The van der Waals surface area contributed by atoms with Gasteiger partial charge in [0, 0.05) is 32.5 Å². The second-order valence-corrected chi connectivity index (χ2v) is 22.1. The summed E-state index contributed by atoms with van der Waals surface area (Å²) in [6.45, 7) is 16.0. The summed E-state index contributed by atoms with van der Waals surface area (Å²) >= 11 is 0. The lowest BCUT2D eigenvalue weighted by Crippen LogP contribution is -2.62. The summed E-state index contributed by atoms with van der Waals surface area (Å²) < 4.78 is 46.6. The smallest absolute Gasteiger partial charge is 0.191 e. The average molecular weight is 737 g/mol. The molecule has 0 saturated carbocycles. The lowest BCUT2D eigenvalue weighted by molar-refractivity contribution is -0.298. The van der Waals surface area contributed by atoms with E-state index in [2.05, 4.69) is 77.2 Å². The minimum absolute atomic E-state index is 0.0500. The summed E-state index contributed by atoms with van der Waals surface area (Å²) in [4.78, 5) is 13.3. The van der Waals surface area contributed by atoms with Crippen molar-refractivity contribution in [1.29, 1.82) is 0 Å². The molecule has 0 bridgehead atoms. The summed E-state index contributed by atoms with van der Waals surface area (Å²) in [7, 11) is -1.83. The standard InChI is InChI=1S/C43H64O8Si/c1-42(2,3)52(5,6)47-26-14-20-35-34(44)21-22-36-37(49-35)23-24-43(4)40(50-36)28-39-41(51-43)38(46-30-32-17-11-8-12-18-32)27-33(48-39)19-13-25-45-29-31-15-9-7-10-16-31/h7-12,15-18,33,35-41H,13-14,19-30H2,1-6H3/t33-,35-,36-,37+,38+,39-,40+,41+,43-/m0/s1. The van der Waals surface area contributed by atoms with Crippen LogP contribution in [0.1, 0.15) is 103 Å². The van der Waals surface area contributed by atoms with Gasteiger partial charge in [-0.2, -0.15) is 0 Å². The van der Waals surface area contributed by atoms with Crippen LogP contribution >= 0.6 is 0 Å². The number of Topliss-reactive ketones (excluding diaryl/α,β-unsaturated/α-hetero) is 1. The molecule has 0 spiro atoms. The molecule has 6 rings (SSSR count). The predicted octanol–water partition coefficient (Wildman–Crippen LogP) is 8.74. The number of benzene rings is 2. The van der Waals surface area contributed by atoms with Crippen molar-refractivity contribution in [3.05, 3.63) is 71.8 Å². The molecule has 8 nitrogen and oxygen atoms in total. The number of hydrogen-bond acceptors (Lipinski definition) is 8. The molecule has 0 amide bonds. The van der Waals surface area contributed by atoms with Gasteiger partial charge < -0.3 is 32.8 Å². The summed E-state index contributed by atoms with van der Waals surface area (Å²) in [5, 5.41) is 0.163. The van der Waals surface area contributed by atoms with Crippen LogP contribution < -0.4 is 0 Å². The third-order valence-corrected chi connectivity index (χ3v) is 16.8. The van der Waals surface area contributed by atoms with Gasteiger partial charge in [0.15, 0.2) is 14.1 Å². The molecule has 4 aliphatic rings. The van der Waals surface area contributed by atoms with Gasteiger partial charge in [-0.05, 0) is 81.1 Å². The van der Waals surface area contributed by atoms with Gasteiger partial charge >= 0.3 is 0 Å².